The lowest BCUT2D eigenvalue weighted by Gasteiger charge is -2.19. The van der Waals surface area contributed by atoms with Crippen LogP contribution in [0.25, 0.3) is 0 Å². The number of unbranched alkanes of at least 4 members (excludes halogenated alkanes) is 10. The van der Waals surface area contributed by atoms with Crippen molar-refractivity contribution < 1.29 is 19.1 Å². The number of carbonyl (C=O) groups excluding carboxylic acids is 2. The molecule has 0 saturated carbocycles. The monoisotopic (exact) mass is 554 g/mol. The van der Waals surface area contributed by atoms with Gasteiger partial charge in [-0.05, 0) is 12.8 Å². The lowest BCUT2D eigenvalue weighted by atomic mass is 10.1. The Balaban J connectivity index is 2.52. The summed E-state index contributed by atoms with van der Waals surface area (Å²) in [6.07, 6.45) is 13.0. The van der Waals surface area contributed by atoms with E-state index in [1.54, 1.807) is 0 Å². The molecule has 11 heteroatoms. The van der Waals surface area contributed by atoms with Gasteiger partial charge in [0.25, 0.3) is 0 Å². The Morgan fingerprint density at radius 2 is 1.00 bits per heavy atom. The first-order valence-electron chi connectivity index (χ1n) is 11.8. The van der Waals surface area contributed by atoms with Crippen molar-refractivity contribution in [2.45, 2.75) is 99.1 Å². The number of rotatable bonds is 18. The molecule has 33 heavy (non-hydrogen) atoms. The molecule has 0 N–H and O–H groups in total. The number of hydrogen-bond donors (Lipinski definition) is 4. The molecular formula is C22H38N2O4S5. The van der Waals surface area contributed by atoms with Crippen LogP contribution in [0, 0.1) is 0 Å². The van der Waals surface area contributed by atoms with Crippen LogP contribution < -0.4 is 0 Å². The molecule has 1 aromatic rings. The van der Waals surface area contributed by atoms with Gasteiger partial charge in [-0.15, -0.1) is 60.7 Å². The summed E-state index contributed by atoms with van der Waals surface area (Å²) in [7, 11) is 0. The molecule has 0 atom stereocenters. The summed E-state index contributed by atoms with van der Waals surface area (Å²) in [5.74, 6) is -1.25. The van der Waals surface area contributed by atoms with Crippen molar-refractivity contribution in [1.29, 1.82) is 0 Å². The zero-order valence-corrected chi connectivity index (χ0v) is 24.0. The Morgan fingerprint density at radius 1 is 0.667 bits per heavy atom. The van der Waals surface area contributed by atoms with Crippen LogP contribution in [-0.4, -0.2) is 35.3 Å². The van der Waals surface area contributed by atoms with Crippen LogP contribution in [0.2, 0.25) is 0 Å². The van der Waals surface area contributed by atoms with Crippen molar-refractivity contribution >= 4 is 73.8 Å². The minimum absolute atomic E-state index is 0.188. The molecule has 0 aromatic carbocycles. The Bertz CT molecular complexity index is 656. The zero-order chi connectivity index (χ0) is 24.7. The molecule has 0 bridgehead atoms. The van der Waals surface area contributed by atoms with Gasteiger partial charge in [0.1, 0.15) is 0 Å². The Labute approximate surface area is 224 Å². The lowest BCUT2D eigenvalue weighted by Crippen LogP contribution is -2.27. The Hall–Kier alpha value is -0.100. The highest BCUT2D eigenvalue weighted by Gasteiger charge is 2.43. The average Bonchev–Trinajstić information content (AvgIpc) is 3.29. The van der Waals surface area contributed by atoms with E-state index in [1.807, 2.05) is 0 Å². The molecule has 0 aliphatic carbocycles. The summed E-state index contributed by atoms with van der Waals surface area (Å²) in [6.45, 7) is 4.94. The number of carbonyl (C=O) groups is 2. The number of hydrogen-bond acceptors (Lipinski definition) is 11. The van der Waals surface area contributed by atoms with Crippen molar-refractivity contribution in [1.82, 2.24) is 10.2 Å². The van der Waals surface area contributed by atoms with Gasteiger partial charge in [-0.2, -0.15) is 0 Å². The lowest BCUT2D eigenvalue weighted by molar-refractivity contribution is -0.145. The SMILES string of the molecule is CCCCCCCCOC(=O)C(S)(S)c1nnc(C(S)(S)C(=O)OCCCCCCCC)s1. The molecule has 0 fully saturated rings. The third-order valence-corrected chi connectivity index (χ3v) is 8.40. The van der Waals surface area contributed by atoms with E-state index >= 15 is 0 Å². The first-order chi connectivity index (χ1) is 15.7. The van der Waals surface area contributed by atoms with E-state index in [4.69, 9.17) is 9.47 Å². The molecule has 0 radical (unpaired) electrons. The van der Waals surface area contributed by atoms with E-state index in [1.165, 1.54) is 38.5 Å². The fourth-order valence-corrected chi connectivity index (χ4v) is 4.76. The maximum Gasteiger partial charge on any atom is 0.339 e. The van der Waals surface area contributed by atoms with Crippen LogP contribution in [0.15, 0.2) is 0 Å². The van der Waals surface area contributed by atoms with Crippen molar-refractivity contribution in [2.24, 2.45) is 0 Å². The first-order valence-corrected chi connectivity index (χ1v) is 14.4. The number of esters is 2. The molecule has 1 heterocycles. The van der Waals surface area contributed by atoms with Gasteiger partial charge < -0.3 is 9.47 Å². The molecule has 1 rings (SSSR count). The van der Waals surface area contributed by atoms with Crippen molar-refractivity contribution in [3.63, 3.8) is 0 Å². The Kier molecular flexibility index (Phi) is 15.5. The third-order valence-electron chi connectivity index (χ3n) is 5.05. The first kappa shape index (κ1) is 30.9. The molecule has 0 aliphatic heterocycles. The number of ether oxygens (including phenoxy) is 2. The predicted molar refractivity (Wildman–Crippen MR) is 148 cm³/mol. The summed E-state index contributed by atoms with van der Waals surface area (Å²) < 4.78 is 7.49. The van der Waals surface area contributed by atoms with Gasteiger partial charge >= 0.3 is 11.9 Å². The summed E-state index contributed by atoms with van der Waals surface area (Å²) in [6, 6.07) is 0. The summed E-state index contributed by atoms with van der Waals surface area (Å²) in [5.41, 5.74) is 0. The quantitative estimate of drug-likeness (QED) is 0.0731. The molecule has 1 aromatic heterocycles. The van der Waals surface area contributed by atoms with Crippen LogP contribution >= 0.6 is 61.9 Å². The highest BCUT2D eigenvalue weighted by molar-refractivity contribution is 8.02. The maximum absolute atomic E-state index is 12.5. The van der Waals surface area contributed by atoms with E-state index in [0.717, 1.165) is 49.9 Å². The van der Waals surface area contributed by atoms with Gasteiger partial charge in [-0.25, -0.2) is 9.59 Å². The molecular weight excluding hydrogens is 517 g/mol. The molecule has 0 spiro atoms. The fraction of sp³-hybridized carbons (Fsp3) is 0.818. The van der Waals surface area contributed by atoms with Gasteiger partial charge in [0, 0.05) is 0 Å². The van der Waals surface area contributed by atoms with Crippen LogP contribution in [0.4, 0.5) is 0 Å². The largest absolute Gasteiger partial charge is 0.464 e. The third kappa shape index (κ3) is 11.0. The van der Waals surface area contributed by atoms with Crippen LogP contribution in [0.1, 0.15) is 101 Å². The van der Waals surface area contributed by atoms with E-state index in [9.17, 15) is 9.59 Å². The molecule has 0 aliphatic rings. The van der Waals surface area contributed by atoms with Crippen LogP contribution in [-0.2, 0) is 27.2 Å². The number of aromatic nitrogens is 2. The van der Waals surface area contributed by atoms with E-state index in [2.05, 4.69) is 74.6 Å². The fourth-order valence-electron chi connectivity index (χ4n) is 2.98. The molecule has 0 amide bonds. The molecule has 0 saturated heterocycles. The van der Waals surface area contributed by atoms with E-state index in [-0.39, 0.29) is 10.0 Å². The van der Waals surface area contributed by atoms with Gasteiger partial charge in [0.2, 0.25) is 8.16 Å². The molecule has 6 nitrogen and oxygen atoms in total. The van der Waals surface area contributed by atoms with E-state index in [0.29, 0.717) is 13.2 Å². The van der Waals surface area contributed by atoms with Crippen molar-refractivity contribution in [3.05, 3.63) is 10.0 Å². The van der Waals surface area contributed by atoms with Crippen molar-refractivity contribution in [2.75, 3.05) is 13.2 Å². The Morgan fingerprint density at radius 3 is 1.36 bits per heavy atom. The number of thiol groups is 4. The summed E-state index contributed by atoms with van der Waals surface area (Å²) in [5, 5.41) is 8.34. The summed E-state index contributed by atoms with van der Waals surface area (Å²) >= 11 is 18.3. The highest BCUT2D eigenvalue weighted by atomic mass is 32.2. The van der Waals surface area contributed by atoms with E-state index < -0.39 is 20.1 Å². The molecule has 0 unspecified atom stereocenters. The van der Waals surface area contributed by atoms with Gasteiger partial charge in [0.05, 0.1) is 13.2 Å². The second-order valence-corrected chi connectivity index (χ2v) is 12.4. The second kappa shape index (κ2) is 16.5. The number of nitrogens with zero attached hydrogens (tertiary/aromatic N) is 2. The smallest absolute Gasteiger partial charge is 0.339 e. The zero-order valence-electron chi connectivity index (χ0n) is 19.6. The second-order valence-electron chi connectivity index (χ2n) is 8.06. The van der Waals surface area contributed by atoms with Crippen molar-refractivity contribution in [3.8, 4) is 0 Å². The van der Waals surface area contributed by atoms with Gasteiger partial charge in [0.15, 0.2) is 10.0 Å². The van der Waals surface area contributed by atoms with Gasteiger partial charge in [-0.3, -0.25) is 0 Å². The average molecular weight is 555 g/mol. The predicted octanol–water partition coefficient (Wildman–Crippen LogP) is 6.37. The highest BCUT2D eigenvalue weighted by Crippen LogP contribution is 2.42. The van der Waals surface area contributed by atoms with Gasteiger partial charge in [-0.1, -0.05) is 89.4 Å². The van der Waals surface area contributed by atoms with Crippen LogP contribution in [0.5, 0.6) is 0 Å². The minimum Gasteiger partial charge on any atom is -0.464 e. The standard InChI is InChI=1S/C22H38N2O4S5/c1-3-5-7-9-11-13-15-27-19(25)21(29,30)17-23-24-18(33-17)22(31,32)20(26)28-16-14-12-10-8-6-4-2/h29-32H,3-16H2,1-2H3. The minimum atomic E-state index is -1.59. The topological polar surface area (TPSA) is 78.4 Å². The summed E-state index contributed by atoms with van der Waals surface area (Å²) in [4.78, 5) is 25.0. The molecule has 190 valence electrons. The van der Waals surface area contributed by atoms with Crippen LogP contribution in [0.3, 0.4) is 0 Å². The maximum atomic E-state index is 12.5. The normalized spacial score (nSPS) is 12.1.